The number of Topliss-reactive ketones (excluding diaryl/α,β-unsaturated/α-hetero) is 1. The minimum absolute atomic E-state index is 0.154. The van der Waals surface area contributed by atoms with E-state index in [0.717, 1.165) is 4.90 Å². The Bertz CT molecular complexity index is 1360. The summed E-state index contributed by atoms with van der Waals surface area (Å²) in [4.78, 5) is 30.6. The molecule has 0 atom stereocenters. The number of esters is 1. The fourth-order valence-corrected chi connectivity index (χ4v) is 4.88. The zero-order valence-corrected chi connectivity index (χ0v) is 19.6. The van der Waals surface area contributed by atoms with Gasteiger partial charge in [0, 0.05) is 21.3 Å². The Balaban J connectivity index is 2.02. The summed E-state index contributed by atoms with van der Waals surface area (Å²) in [5, 5.41) is 0. The molecule has 3 aromatic rings. The van der Waals surface area contributed by atoms with Crippen LogP contribution in [0.25, 0.3) is 0 Å². The van der Waals surface area contributed by atoms with Gasteiger partial charge in [-0.2, -0.15) is 0 Å². The predicted octanol–water partition coefficient (Wildman–Crippen LogP) is 6.30. The van der Waals surface area contributed by atoms with Gasteiger partial charge in [0.25, 0.3) is 0 Å². The Hall–Kier alpha value is -3.53. The number of benzene rings is 3. The molecule has 2 N–H and O–H groups in total. The molecule has 0 unspecified atom stereocenters. The van der Waals surface area contributed by atoms with E-state index in [1.54, 1.807) is 36.4 Å². The molecule has 0 aliphatic heterocycles. The zero-order chi connectivity index (χ0) is 25.5. The van der Waals surface area contributed by atoms with Gasteiger partial charge < -0.3 is 10.5 Å². The molecule has 180 valence electrons. The number of para-hydroxylation sites is 2. The molecule has 3 aromatic carbocycles. The Labute approximate surface area is 205 Å². The predicted molar refractivity (Wildman–Crippen MR) is 127 cm³/mol. The molecule has 0 saturated carbocycles. The van der Waals surface area contributed by atoms with E-state index in [1.807, 2.05) is 12.1 Å². The summed E-state index contributed by atoms with van der Waals surface area (Å²) >= 11 is 0. The number of nitrogens with two attached hydrogens (primary N) is 1. The van der Waals surface area contributed by atoms with E-state index in [9.17, 15) is 27.2 Å². The van der Waals surface area contributed by atoms with Crippen LogP contribution in [0.1, 0.15) is 17.3 Å². The van der Waals surface area contributed by atoms with Crippen LogP contribution in [0.3, 0.4) is 0 Å². The molecular weight excluding hydrogens is 504 g/mol. The van der Waals surface area contributed by atoms with Gasteiger partial charge in [0.05, 0.1) is 17.9 Å². The number of rotatable bonds is 8. The van der Waals surface area contributed by atoms with E-state index in [-0.39, 0.29) is 18.4 Å². The number of anilines is 1. The van der Waals surface area contributed by atoms with Gasteiger partial charge in [0.15, 0.2) is 28.8 Å². The number of aliphatic imine (C=N–C) groups is 1. The molecule has 11 heteroatoms. The minimum Gasteiger partial charge on any atom is -0.462 e. The molecule has 5 nitrogen and oxygen atoms in total. The zero-order valence-electron chi connectivity index (χ0n) is 18.0. The van der Waals surface area contributed by atoms with Crippen molar-refractivity contribution in [1.29, 1.82) is 0 Å². The first kappa shape index (κ1) is 26.1. The van der Waals surface area contributed by atoms with Crippen LogP contribution in [-0.4, -0.2) is 24.2 Å². The molecular formula is C24H16F4N2O3S2. The summed E-state index contributed by atoms with van der Waals surface area (Å²) in [7, 11) is 2.63. The Kier molecular flexibility index (Phi) is 8.75. The number of nitrogens with zero attached hydrogens (tertiary/aromatic N) is 1. The lowest BCUT2D eigenvalue weighted by Gasteiger charge is -2.07. The molecule has 0 aliphatic rings. The van der Waals surface area contributed by atoms with Crippen molar-refractivity contribution in [2.24, 2.45) is 4.99 Å². The number of halogens is 4. The molecule has 0 saturated heterocycles. The minimum atomic E-state index is -2.19. The molecule has 0 radical (unpaired) electrons. The second-order valence-electron chi connectivity index (χ2n) is 6.67. The lowest BCUT2D eigenvalue weighted by molar-refractivity contribution is -0.137. The number of hydrogen-bond acceptors (Lipinski definition) is 7. The highest BCUT2D eigenvalue weighted by Gasteiger charge is 2.29. The van der Waals surface area contributed by atoms with Crippen molar-refractivity contribution in [3.05, 3.63) is 89.0 Å². The maximum Gasteiger partial charge on any atom is 0.351 e. The lowest BCUT2D eigenvalue weighted by atomic mass is 10.0. The SMILES string of the molecule is CCOC(=O)C(=C=Nc1ccccc1SSc1ccccc1N)C(=O)c1cc(F)c(F)c(F)c1F. The van der Waals surface area contributed by atoms with Gasteiger partial charge in [-0.05, 0) is 37.3 Å². The Morgan fingerprint density at radius 2 is 1.57 bits per heavy atom. The first-order chi connectivity index (χ1) is 16.7. The van der Waals surface area contributed by atoms with Crippen LogP contribution in [-0.2, 0) is 9.53 Å². The average molecular weight is 521 g/mol. The van der Waals surface area contributed by atoms with E-state index < -0.39 is 46.2 Å². The number of ketones is 1. The normalized spacial score (nSPS) is 10.4. The summed E-state index contributed by atoms with van der Waals surface area (Å²) in [6.45, 7) is 1.29. The molecule has 0 aliphatic carbocycles. The largest absolute Gasteiger partial charge is 0.462 e. The van der Waals surface area contributed by atoms with Crippen molar-refractivity contribution in [1.82, 2.24) is 0 Å². The van der Waals surface area contributed by atoms with Crippen molar-refractivity contribution in [2.45, 2.75) is 16.7 Å². The quantitative estimate of drug-likeness (QED) is 0.0321. The van der Waals surface area contributed by atoms with Crippen LogP contribution in [0.5, 0.6) is 0 Å². The topological polar surface area (TPSA) is 81.8 Å². The van der Waals surface area contributed by atoms with Crippen LogP contribution in [0.2, 0.25) is 0 Å². The van der Waals surface area contributed by atoms with Gasteiger partial charge in [-0.3, -0.25) is 4.79 Å². The van der Waals surface area contributed by atoms with Gasteiger partial charge in [-0.15, -0.1) is 0 Å². The Morgan fingerprint density at radius 1 is 0.943 bits per heavy atom. The maximum atomic E-state index is 14.2. The van der Waals surface area contributed by atoms with Gasteiger partial charge in [-0.1, -0.05) is 45.9 Å². The number of carbonyl (C=O) groups is 2. The fourth-order valence-electron chi connectivity index (χ4n) is 2.65. The lowest BCUT2D eigenvalue weighted by Crippen LogP contribution is -2.19. The third-order valence-electron chi connectivity index (χ3n) is 4.35. The number of ether oxygens (including phenoxy) is 1. The summed E-state index contributed by atoms with van der Waals surface area (Å²) in [5.41, 5.74) is 4.67. The molecule has 0 bridgehead atoms. The van der Waals surface area contributed by atoms with Crippen LogP contribution < -0.4 is 5.73 Å². The van der Waals surface area contributed by atoms with E-state index in [4.69, 9.17) is 10.5 Å². The standard InChI is InChI=1S/C24H16F4N2O3S2/c1-2-33-24(32)14(23(31)13-11-15(25)21(27)22(28)20(13)26)12-30-17-8-4-6-10-19(17)35-34-18-9-5-3-7-16(18)29/h3-11H,2,29H2,1H3. The molecule has 35 heavy (non-hydrogen) atoms. The second-order valence-corrected chi connectivity index (χ2v) is 8.88. The van der Waals surface area contributed by atoms with Crippen LogP contribution in [0, 0.1) is 23.3 Å². The average Bonchev–Trinajstić information content (AvgIpc) is 2.85. The van der Waals surface area contributed by atoms with Gasteiger partial charge in [0.2, 0.25) is 5.78 Å². The van der Waals surface area contributed by atoms with E-state index in [0.29, 0.717) is 10.6 Å². The van der Waals surface area contributed by atoms with E-state index in [2.05, 4.69) is 10.9 Å². The van der Waals surface area contributed by atoms with Crippen molar-refractivity contribution >= 4 is 50.6 Å². The molecule has 0 aromatic heterocycles. The van der Waals surface area contributed by atoms with Crippen molar-refractivity contribution < 1.29 is 31.9 Å². The summed E-state index contributed by atoms with van der Waals surface area (Å²) in [6.07, 6.45) is 0. The van der Waals surface area contributed by atoms with Gasteiger partial charge >= 0.3 is 5.97 Å². The monoisotopic (exact) mass is 520 g/mol. The second kappa shape index (κ2) is 11.7. The Morgan fingerprint density at radius 3 is 2.26 bits per heavy atom. The van der Waals surface area contributed by atoms with Crippen molar-refractivity contribution in [3.63, 3.8) is 0 Å². The highest BCUT2D eigenvalue weighted by atomic mass is 33.1. The highest BCUT2D eigenvalue weighted by Crippen LogP contribution is 2.43. The molecule has 0 heterocycles. The van der Waals surface area contributed by atoms with Crippen molar-refractivity contribution in [3.8, 4) is 0 Å². The van der Waals surface area contributed by atoms with Gasteiger partial charge in [0.1, 0.15) is 0 Å². The smallest absolute Gasteiger partial charge is 0.351 e. The number of hydrogen-bond donors (Lipinski definition) is 1. The first-order valence-corrected chi connectivity index (χ1v) is 12.1. The summed E-state index contributed by atoms with van der Waals surface area (Å²) in [6, 6.07) is 14.0. The highest BCUT2D eigenvalue weighted by molar-refractivity contribution is 8.76. The van der Waals surface area contributed by atoms with Crippen LogP contribution >= 0.6 is 21.6 Å². The number of carbonyl (C=O) groups excluding carboxylic acids is 2. The van der Waals surface area contributed by atoms with Crippen LogP contribution in [0.4, 0.5) is 28.9 Å². The van der Waals surface area contributed by atoms with Gasteiger partial charge in [-0.25, -0.2) is 27.3 Å². The van der Waals surface area contributed by atoms with Crippen molar-refractivity contribution in [2.75, 3.05) is 12.3 Å². The third-order valence-corrected chi connectivity index (χ3v) is 6.83. The van der Waals surface area contributed by atoms with E-state index in [1.165, 1.54) is 28.5 Å². The molecule has 3 rings (SSSR count). The third kappa shape index (κ3) is 6.13. The van der Waals surface area contributed by atoms with E-state index >= 15 is 0 Å². The summed E-state index contributed by atoms with van der Waals surface area (Å²) in [5.74, 6) is -8.53. The molecule has 0 amide bonds. The number of nitrogen functional groups attached to an aromatic ring is 1. The van der Waals surface area contributed by atoms with Crippen LogP contribution in [0.15, 0.2) is 75.0 Å². The molecule has 0 spiro atoms. The first-order valence-electron chi connectivity index (χ1n) is 9.91. The summed E-state index contributed by atoms with van der Waals surface area (Å²) < 4.78 is 59.6. The maximum absolute atomic E-state index is 14.2. The molecule has 0 fully saturated rings. The fraction of sp³-hybridized carbons (Fsp3) is 0.0833.